The van der Waals surface area contributed by atoms with Gasteiger partial charge in [-0.1, -0.05) is 297 Å². The Hall–Kier alpha value is -1.14. The predicted molar refractivity (Wildman–Crippen MR) is 278 cm³/mol. The van der Waals surface area contributed by atoms with E-state index < -0.39 is 18.2 Å². The minimum Gasteiger partial charge on any atom is -0.462 e. The zero-order valence-corrected chi connectivity index (χ0v) is 43.7. The lowest BCUT2D eigenvalue weighted by Gasteiger charge is -2.24. The number of hydrogen-bond donors (Lipinski definition) is 3. The van der Waals surface area contributed by atoms with Crippen molar-refractivity contribution in [3.63, 3.8) is 0 Å². The molecule has 0 saturated carbocycles. The van der Waals surface area contributed by atoms with Crippen LogP contribution >= 0.6 is 0 Å². The van der Waals surface area contributed by atoms with Crippen molar-refractivity contribution in [2.24, 2.45) is 0 Å². The summed E-state index contributed by atoms with van der Waals surface area (Å²) in [7, 11) is 0. The lowest BCUT2D eigenvalue weighted by Crippen LogP contribution is -2.46. The fourth-order valence-corrected chi connectivity index (χ4v) is 9.49. The molecule has 6 heteroatoms. The Morgan fingerprint density at radius 2 is 0.656 bits per heavy atom. The molecule has 3 unspecified atom stereocenters. The van der Waals surface area contributed by atoms with Crippen LogP contribution in [0.5, 0.6) is 0 Å². The molecule has 64 heavy (non-hydrogen) atoms. The third-order valence-electron chi connectivity index (χ3n) is 13.9. The number of carbonyl (C=O) groups is 2. The first-order valence-electron chi connectivity index (χ1n) is 29.3. The maximum Gasteiger partial charge on any atom is 0.306 e. The van der Waals surface area contributed by atoms with E-state index in [1.165, 1.54) is 250 Å². The van der Waals surface area contributed by atoms with E-state index in [0.29, 0.717) is 19.3 Å². The molecular formula is C58H115NO5. The molecule has 0 aromatic carbocycles. The van der Waals surface area contributed by atoms with Gasteiger partial charge in [0, 0.05) is 6.42 Å². The summed E-state index contributed by atoms with van der Waals surface area (Å²) in [6, 6.07) is -0.693. The molecule has 1 amide bonds. The van der Waals surface area contributed by atoms with Crippen molar-refractivity contribution in [3.8, 4) is 0 Å². The van der Waals surface area contributed by atoms with Crippen LogP contribution in [0.15, 0.2) is 0 Å². The van der Waals surface area contributed by atoms with Gasteiger partial charge in [-0.3, -0.25) is 9.59 Å². The normalized spacial score (nSPS) is 13.0. The number of ether oxygens (including phenoxy) is 1. The number of aliphatic hydroxyl groups excluding tert-OH is 2. The van der Waals surface area contributed by atoms with Gasteiger partial charge in [-0.2, -0.15) is 0 Å². The van der Waals surface area contributed by atoms with E-state index in [1.807, 2.05) is 0 Å². The molecule has 382 valence electrons. The molecule has 0 saturated heterocycles. The summed E-state index contributed by atoms with van der Waals surface area (Å²) in [5.74, 6) is -0.445. The molecule has 3 atom stereocenters. The number of esters is 1. The highest BCUT2D eigenvalue weighted by Crippen LogP contribution is 2.19. The molecule has 0 fully saturated rings. The van der Waals surface area contributed by atoms with Gasteiger partial charge < -0.3 is 20.3 Å². The summed E-state index contributed by atoms with van der Waals surface area (Å²) in [6.07, 6.45) is 58.9. The van der Waals surface area contributed by atoms with Crippen LogP contribution in [0.1, 0.15) is 335 Å². The molecule has 0 aliphatic carbocycles. The number of carbonyl (C=O) groups excluding carboxylic acids is 2. The van der Waals surface area contributed by atoms with Crippen LogP contribution in [0.25, 0.3) is 0 Å². The Morgan fingerprint density at radius 1 is 0.391 bits per heavy atom. The Labute approximate surface area is 400 Å². The molecule has 0 aliphatic heterocycles. The van der Waals surface area contributed by atoms with Crippen molar-refractivity contribution >= 4 is 11.9 Å². The Balaban J connectivity index is 4.41. The second-order valence-electron chi connectivity index (χ2n) is 20.4. The first-order valence-corrected chi connectivity index (χ1v) is 29.3. The quantitative estimate of drug-likeness (QED) is 0.0417. The van der Waals surface area contributed by atoms with Gasteiger partial charge in [0.05, 0.1) is 25.2 Å². The van der Waals surface area contributed by atoms with E-state index in [9.17, 15) is 19.8 Å². The number of amides is 1. The Bertz CT molecular complexity index is 928. The number of unbranched alkanes of at least 4 members (excludes halogenated alkanes) is 42. The van der Waals surface area contributed by atoms with E-state index in [1.54, 1.807) is 0 Å². The van der Waals surface area contributed by atoms with Crippen LogP contribution in [-0.2, 0) is 14.3 Å². The topological polar surface area (TPSA) is 95.9 Å². The van der Waals surface area contributed by atoms with Gasteiger partial charge in [0.2, 0.25) is 5.91 Å². The van der Waals surface area contributed by atoms with Gasteiger partial charge >= 0.3 is 5.97 Å². The highest BCUT2D eigenvalue weighted by Gasteiger charge is 2.24. The van der Waals surface area contributed by atoms with Gasteiger partial charge in [-0.25, -0.2) is 0 Å². The summed E-state index contributed by atoms with van der Waals surface area (Å²) >= 11 is 0. The van der Waals surface area contributed by atoms with Gasteiger partial charge in [-0.05, 0) is 25.7 Å². The summed E-state index contributed by atoms with van der Waals surface area (Å²) < 4.78 is 5.97. The average molecular weight is 907 g/mol. The largest absolute Gasteiger partial charge is 0.462 e. The molecule has 6 nitrogen and oxygen atoms in total. The van der Waals surface area contributed by atoms with Crippen LogP contribution in [0.4, 0.5) is 0 Å². The molecule has 0 rings (SSSR count). The molecule has 0 heterocycles. The van der Waals surface area contributed by atoms with Crippen LogP contribution < -0.4 is 5.32 Å². The van der Waals surface area contributed by atoms with Crippen LogP contribution in [0.3, 0.4) is 0 Å². The van der Waals surface area contributed by atoms with Crippen LogP contribution in [0, 0.1) is 0 Å². The van der Waals surface area contributed by atoms with Crippen LogP contribution in [0.2, 0.25) is 0 Å². The van der Waals surface area contributed by atoms with Crippen molar-refractivity contribution in [1.29, 1.82) is 0 Å². The average Bonchev–Trinajstić information content (AvgIpc) is 3.29. The third-order valence-corrected chi connectivity index (χ3v) is 13.9. The maximum atomic E-state index is 13.2. The van der Waals surface area contributed by atoms with Gasteiger partial charge in [0.15, 0.2) is 0 Å². The SMILES string of the molecule is CCCCCCCCCCCCCCCCCCCCCC(=O)OC(CCCCCCCCCCCCCC)CC(=O)NC(CO)C(O)CCCCCCCCCCCCCCCC. The number of hydrogen-bond acceptors (Lipinski definition) is 5. The van der Waals surface area contributed by atoms with Crippen molar-refractivity contribution in [1.82, 2.24) is 5.32 Å². The highest BCUT2D eigenvalue weighted by atomic mass is 16.5. The van der Waals surface area contributed by atoms with E-state index in [2.05, 4.69) is 26.1 Å². The van der Waals surface area contributed by atoms with Gasteiger partial charge in [0.1, 0.15) is 6.10 Å². The fraction of sp³-hybridized carbons (Fsp3) is 0.966. The van der Waals surface area contributed by atoms with Gasteiger partial charge in [-0.15, -0.1) is 0 Å². The molecule has 0 aliphatic rings. The molecule has 0 aromatic heterocycles. The molecule has 3 N–H and O–H groups in total. The fourth-order valence-electron chi connectivity index (χ4n) is 9.49. The molecule has 0 aromatic rings. The highest BCUT2D eigenvalue weighted by molar-refractivity contribution is 5.77. The van der Waals surface area contributed by atoms with E-state index >= 15 is 0 Å². The van der Waals surface area contributed by atoms with E-state index in [0.717, 1.165) is 38.5 Å². The van der Waals surface area contributed by atoms with Crippen molar-refractivity contribution in [3.05, 3.63) is 0 Å². The smallest absolute Gasteiger partial charge is 0.306 e. The zero-order chi connectivity index (χ0) is 46.7. The summed E-state index contributed by atoms with van der Waals surface area (Å²) in [6.45, 7) is 6.53. The van der Waals surface area contributed by atoms with Crippen molar-refractivity contribution in [2.45, 2.75) is 354 Å². The van der Waals surface area contributed by atoms with Gasteiger partial charge in [0.25, 0.3) is 0 Å². The van der Waals surface area contributed by atoms with Crippen molar-refractivity contribution in [2.75, 3.05) is 6.61 Å². The lowest BCUT2D eigenvalue weighted by molar-refractivity contribution is -0.151. The summed E-state index contributed by atoms with van der Waals surface area (Å²) in [4.78, 5) is 26.2. The number of nitrogens with one attached hydrogen (secondary N) is 1. The molecule has 0 radical (unpaired) electrons. The second kappa shape index (κ2) is 52.8. The summed E-state index contributed by atoms with van der Waals surface area (Å²) in [5, 5.41) is 23.9. The minimum atomic E-state index is -0.780. The number of rotatable bonds is 54. The molecule has 0 spiro atoms. The first-order chi connectivity index (χ1) is 31.5. The van der Waals surface area contributed by atoms with Crippen LogP contribution in [-0.4, -0.2) is 46.9 Å². The molecular weight excluding hydrogens is 791 g/mol. The van der Waals surface area contributed by atoms with E-state index in [4.69, 9.17) is 4.74 Å². The predicted octanol–water partition coefficient (Wildman–Crippen LogP) is 17.9. The Morgan fingerprint density at radius 3 is 0.953 bits per heavy atom. The Kier molecular flexibility index (Phi) is 51.9. The second-order valence-corrected chi connectivity index (χ2v) is 20.4. The third kappa shape index (κ3) is 47.4. The monoisotopic (exact) mass is 906 g/mol. The van der Waals surface area contributed by atoms with Crippen molar-refractivity contribution < 1.29 is 24.5 Å². The number of aliphatic hydroxyl groups is 2. The zero-order valence-electron chi connectivity index (χ0n) is 43.7. The minimum absolute atomic E-state index is 0.0883. The first kappa shape index (κ1) is 62.9. The summed E-state index contributed by atoms with van der Waals surface area (Å²) in [5.41, 5.74) is 0. The lowest BCUT2D eigenvalue weighted by atomic mass is 10.0. The standard InChI is InChI=1S/C58H115NO5/c1-4-7-10-13-16-19-22-25-27-28-29-30-31-33-36-39-42-45-48-51-58(63)64-54(49-46-43-40-37-34-24-21-18-15-12-9-6-3)52-57(62)59-55(53-60)56(61)50-47-44-41-38-35-32-26-23-20-17-14-11-8-5-2/h54-56,60-61H,4-53H2,1-3H3,(H,59,62). The maximum absolute atomic E-state index is 13.2. The van der Waals surface area contributed by atoms with E-state index in [-0.39, 0.29) is 24.9 Å². The molecule has 0 bridgehead atoms.